The number of piperazine rings is 1. The molecular weight excluding hydrogens is 518 g/mol. The second-order valence-electron chi connectivity index (χ2n) is 7.99. The molecule has 0 N–H and O–H groups in total. The van der Waals surface area contributed by atoms with E-state index >= 15 is 0 Å². The number of hydrogen-bond acceptors (Lipinski definition) is 4. The highest BCUT2D eigenvalue weighted by molar-refractivity contribution is 14.1. The van der Waals surface area contributed by atoms with Gasteiger partial charge in [0.25, 0.3) is 0 Å². The summed E-state index contributed by atoms with van der Waals surface area (Å²) in [5, 5.41) is 5.01. The fraction of sp³-hybridized carbons (Fsp3) is 0.435. The van der Waals surface area contributed by atoms with Crippen LogP contribution in [0.2, 0.25) is 0 Å². The number of benzene rings is 2. The van der Waals surface area contributed by atoms with E-state index in [9.17, 15) is 13.2 Å². The zero-order chi connectivity index (χ0) is 21.5. The lowest BCUT2D eigenvalue weighted by Crippen LogP contribution is -2.43. The van der Waals surface area contributed by atoms with Gasteiger partial charge in [0, 0.05) is 44.5 Å². The van der Waals surface area contributed by atoms with E-state index in [0.717, 1.165) is 40.7 Å². The van der Waals surface area contributed by atoms with Crippen LogP contribution < -0.4 is 0 Å². The van der Waals surface area contributed by atoms with E-state index in [0.29, 0.717) is 35.4 Å². The fourth-order valence-corrected chi connectivity index (χ4v) is 4.39. The third-order valence-corrected chi connectivity index (χ3v) is 6.94. The topological polar surface area (TPSA) is 32.5 Å². The molecule has 1 aliphatic rings. The van der Waals surface area contributed by atoms with E-state index in [2.05, 4.69) is 44.6 Å². The maximum absolute atomic E-state index is 13.6. The Morgan fingerprint density at radius 2 is 1.74 bits per heavy atom. The molecular formula is C23H27F3IN3O. The minimum atomic E-state index is -4.38. The molecule has 1 aliphatic heterocycles. The van der Waals surface area contributed by atoms with Crippen molar-refractivity contribution < 1.29 is 17.7 Å². The molecule has 31 heavy (non-hydrogen) atoms. The molecule has 1 aromatic heterocycles. The Morgan fingerprint density at radius 1 is 1.06 bits per heavy atom. The number of likely N-dealkylation sites (N-methyl/N-ethyl adjacent to an activating group) is 1. The monoisotopic (exact) mass is 545 g/mol. The second kappa shape index (κ2) is 9.46. The van der Waals surface area contributed by atoms with Crippen molar-refractivity contribution >= 4 is 33.6 Å². The van der Waals surface area contributed by atoms with Gasteiger partial charge in [0.1, 0.15) is 0 Å². The van der Waals surface area contributed by atoms with Gasteiger partial charge in [0.05, 0.1) is 14.8 Å². The first-order valence-electron chi connectivity index (χ1n) is 9.85. The first kappa shape index (κ1) is 24.0. The van der Waals surface area contributed by atoms with Crippen molar-refractivity contribution in [3.05, 3.63) is 61.8 Å². The summed E-state index contributed by atoms with van der Waals surface area (Å²) in [6.45, 7) is 6.06. The zero-order valence-corrected chi connectivity index (χ0v) is 19.0. The predicted octanol–water partition coefficient (Wildman–Crippen LogP) is 5.73. The summed E-state index contributed by atoms with van der Waals surface area (Å²) in [5.41, 5.74) is 3.10. The van der Waals surface area contributed by atoms with E-state index in [1.807, 2.05) is 25.1 Å². The van der Waals surface area contributed by atoms with Gasteiger partial charge in [-0.2, -0.15) is 13.2 Å². The minimum absolute atomic E-state index is 0. The standard InChI is InChI=1S/C22H23F3IN3O.CH4/c1-14-3-4-18-19(27-30-21(18)20(14)26)12-15-9-16(11-17(10-15)22(23,24)25)13-29-7-5-28(2)6-8-29;/h3-4,9-11H,5-8,12-13H2,1-2H3;1H4. The van der Waals surface area contributed by atoms with Gasteiger partial charge in [-0.15, -0.1) is 0 Å². The summed E-state index contributed by atoms with van der Waals surface area (Å²) in [4.78, 5) is 4.43. The van der Waals surface area contributed by atoms with Crippen molar-refractivity contribution in [1.29, 1.82) is 0 Å². The molecule has 168 valence electrons. The number of halogens is 4. The molecule has 0 unspecified atom stereocenters. The first-order valence-corrected chi connectivity index (χ1v) is 10.9. The Bertz CT molecular complexity index is 1060. The molecule has 3 aromatic rings. The van der Waals surface area contributed by atoms with Crippen LogP contribution in [0.15, 0.2) is 34.9 Å². The van der Waals surface area contributed by atoms with Gasteiger partial charge in [0.15, 0.2) is 5.58 Å². The fourth-order valence-electron chi connectivity index (χ4n) is 3.83. The third-order valence-electron chi connectivity index (χ3n) is 5.60. The predicted molar refractivity (Wildman–Crippen MR) is 125 cm³/mol. The highest BCUT2D eigenvalue weighted by Crippen LogP contribution is 2.33. The van der Waals surface area contributed by atoms with Crippen molar-refractivity contribution in [2.24, 2.45) is 0 Å². The summed E-state index contributed by atoms with van der Waals surface area (Å²) in [7, 11) is 2.06. The average molecular weight is 545 g/mol. The number of nitrogens with zero attached hydrogens (tertiary/aromatic N) is 3. The number of alkyl halides is 3. The number of aromatic nitrogens is 1. The van der Waals surface area contributed by atoms with Crippen molar-refractivity contribution in [1.82, 2.24) is 15.0 Å². The van der Waals surface area contributed by atoms with Crippen LogP contribution in [0.3, 0.4) is 0 Å². The van der Waals surface area contributed by atoms with Gasteiger partial charge >= 0.3 is 6.18 Å². The van der Waals surface area contributed by atoms with Crippen LogP contribution in [-0.4, -0.2) is 48.2 Å². The Kier molecular flexibility index (Phi) is 7.32. The lowest BCUT2D eigenvalue weighted by Gasteiger charge is -2.32. The minimum Gasteiger partial charge on any atom is -0.355 e. The normalized spacial score (nSPS) is 15.9. The average Bonchev–Trinajstić information content (AvgIpc) is 3.09. The van der Waals surface area contributed by atoms with Gasteiger partial charge in [-0.25, -0.2) is 0 Å². The molecule has 1 fully saturated rings. The Hall–Kier alpha value is -1.65. The summed E-state index contributed by atoms with van der Waals surface area (Å²) in [5.74, 6) is 0. The van der Waals surface area contributed by atoms with E-state index < -0.39 is 11.7 Å². The Balaban J connectivity index is 0.00000272. The molecule has 0 radical (unpaired) electrons. The van der Waals surface area contributed by atoms with Gasteiger partial charge in [-0.05, 0) is 71.5 Å². The lowest BCUT2D eigenvalue weighted by atomic mass is 10.00. The van der Waals surface area contributed by atoms with E-state index in [1.54, 1.807) is 0 Å². The van der Waals surface area contributed by atoms with Crippen LogP contribution in [0.4, 0.5) is 13.2 Å². The second-order valence-corrected chi connectivity index (χ2v) is 9.07. The molecule has 4 rings (SSSR count). The number of rotatable bonds is 4. The first-order chi connectivity index (χ1) is 14.2. The van der Waals surface area contributed by atoms with Crippen LogP contribution >= 0.6 is 22.6 Å². The molecule has 0 atom stereocenters. The van der Waals surface area contributed by atoms with Crippen LogP contribution in [0.25, 0.3) is 11.0 Å². The molecule has 0 bridgehead atoms. The van der Waals surface area contributed by atoms with E-state index in [4.69, 9.17) is 4.52 Å². The summed E-state index contributed by atoms with van der Waals surface area (Å²) < 4.78 is 47.1. The third kappa shape index (κ3) is 5.40. The maximum Gasteiger partial charge on any atom is 0.416 e. The number of fused-ring (bicyclic) bond motifs is 1. The van der Waals surface area contributed by atoms with Crippen LogP contribution in [0.5, 0.6) is 0 Å². The van der Waals surface area contributed by atoms with E-state index in [1.165, 1.54) is 12.1 Å². The van der Waals surface area contributed by atoms with Crippen LogP contribution in [-0.2, 0) is 19.1 Å². The summed E-state index contributed by atoms with van der Waals surface area (Å²) in [6.07, 6.45) is -4.09. The molecule has 0 aliphatic carbocycles. The lowest BCUT2D eigenvalue weighted by molar-refractivity contribution is -0.137. The highest BCUT2D eigenvalue weighted by atomic mass is 127. The van der Waals surface area contributed by atoms with Crippen molar-refractivity contribution in [3.8, 4) is 0 Å². The largest absolute Gasteiger partial charge is 0.416 e. The molecule has 1 saturated heterocycles. The molecule has 8 heteroatoms. The van der Waals surface area contributed by atoms with Crippen LogP contribution in [0.1, 0.15) is 35.4 Å². The van der Waals surface area contributed by atoms with Gasteiger partial charge in [-0.1, -0.05) is 24.7 Å². The molecule has 0 spiro atoms. The number of hydrogen-bond donors (Lipinski definition) is 0. The molecule has 4 nitrogen and oxygen atoms in total. The van der Waals surface area contributed by atoms with E-state index in [-0.39, 0.29) is 7.43 Å². The van der Waals surface area contributed by atoms with Gasteiger partial charge < -0.3 is 9.42 Å². The van der Waals surface area contributed by atoms with Crippen molar-refractivity contribution in [2.45, 2.75) is 33.5 Å². The Labute approximate surface area is 194 Å². The molecule has 0 saturated carbocycles. The quantitative estimate of drug-likeness (QED) is 0.392. The summed E-state index contributed by atoms with van der Waals surface area (Å²) in [6, 6.07) is 8.28. The SMILES string of the molecule is C.Cc1ccc2c(Cc3cc(CN4CCN(C)CC4)cc(C(F)(F)F)c3)noc2c1I. The highest BCUT2D eigenvalue weighted by Gasteiger charge is 2.31. The number of aryl methyl sites for hydroxylation is 1. The summed E-state index contributed by atoms with van der Waals surface area (Å²) >= 11 is 2.21. The van der Waals surface area contributed by atoms with Crippen LogP contribution in [0, 0.1) is 10.5 Å². The Morgan fingerprint density at radius 3 is 2.42 bits per heavy atom. The maximum atomic E-state index is 13.6. The molecule has 0 amide bonds. The smallest absolute Gasteiger partial charge is 0.355 e. The van der Waals surface area contributed by atoms with Crippen molar-refractivity contribution in [3.63, 3.8) is 0 Å². The van der Waals surface area contributed by atoms with Gasteiger partial charge in [0.2, 0.25) is 0 Å². The zero-order valence-electron chi connectivity index (χ0n) is 16.9. The van der Waals surface area contributed by atoms with Crippen molar-refractivity contribution in [2.75, 3.05) is 33.2 Å². The molecule has 2 aromatic carbocycles. The molecule has 2 heterocycles. The van der Waals surface area contributed by atoms with Gasteiger partial charge in [-0.3, -0.25) is 4.90 Å².